The van der Waals surface area contributed by atoms with Gasteiger partial charge in [0.25, 0.3) is 0 Å². The molecular formula is C8H7Cl2FN2. The van der Waals surface area contributed by atoms with Gasteiger partial charge < -0.3 is 4.40 Å². The number of alkyl halides is 1. The van der Waals surface area contributed by atoms with Gasteiger partial charge in [-0.05, 0) is 12.1 Å². The second-order valence-electron chi connectivity index (χ2n) is 2.48. The van der Waals surface area contributed by atoms with Crippen LogP contribution in [0.2, 0.25) is 0 Å². The van der Waals surface area contributed by atoms with E-state index in [0.717, 1.165) is 5.69 Å². The van der Waals surface area contributed by atoms with E-state index in [1.54, 1.807) is 16.7 Å². The van der Waals surface area contributed by atoms with E-state index < -0.39 is 0 Å². The number of imidazole rings is 1. The molecule has 0 aromatic carbocycles. The van der Waals surface area contributed by atoms with E-state index in [1.165, 1.54) is 12.3 Å². The van der Waals surface area contributed by atoms with Crippen molar-refractivity contribution in [3.63, 3.8) is 0 Å². The molecule has 5 heteroatoms. The molecule has 0 N–H and O–H groups in total. The lowest BCUT2D eigenvalue weighted by Gasteiger charge is -1.90. The quantitative estimate of drug-likeness (QED) is 0.676. The van der Waals surface area contributed by atoms with Gasteiger partial charge in [-0.15, -0.1) is 24.0 Å². The molecule has 0 aliphatic rings. The van der Waals surface area contributed by atoms with Crippen LogP contribution in [0.4, 0.5) is 4.39 Å². The maximum Gasteiger partial charge on any atom is 0.139 e. The predicted molar refractivity (Wildman–Crippen MR) is 52.0 cm³/mol. The minimum atomic E-state index is -0.277. The molecule has 70 valence electrons. The molecule has 0 fully saturated rings. The highest BCUT2D eigenvalue weighted by atomic mass is 35.5. The van der Waals surface area contributed by atoms with Crippen LogP contribution in [-0.4, -0.2) is 9.38 Å². The number of pyridine rings is 1. The molecule has 0 saturated heterocycles. The number of hydrogen-bond donors (Lipinski definition) is 0. The van der Waals surface area contributed by atoms with E-state index >= 15 is 0 Å². The third-order valence-corrected chi connectivity index (χ3v) is 1.88. The summed E-state index contributed by atoms with van der Waals surface area (Å²) in [6, 6.07) is 2.99. The van der Waals surface area contributed by atoms with Gasteiger partial charge in [-0.3, -0.25) is 0 Å². The normalized spacial score (nSPS) is 10.0. The fourth-order valence-corrected chi connectivity index (χ4v) is 1.21. The number of hydrogen-bond acceptors (Lipinski definition) is 1. The third kappa shape index (κ3) is 1.92. The van der Waals surface area contributed by atoms with E-state index in [-0.39, 0.29) is 18.2 Å². The van der Waals surface area contributed by atoms with Gasteiger partial charge in [0.05, 0.1) is 11.6 Å². The van der Waals surface area contributed by atoms with Crippen molar-refractivity contribution in [2.75, 3.05) is 0 Å². The average molecular weight is 221 g/mol. The van der Waals surface area contributed by atoms with Gasteiger partial charge in [0.15, 0.2) is 0 Å². The Kier molecular flexibility index (Phi) is 3.12. The molecule has 0 atom stereocenters. The van der Waals surface area contributed by atoms with Crippen molar-refractivity contribution in [1.82, 2.24) is 9.38 Å². The minimum absolute atomic E-state index is 0. The van der Waals surface area contributed by atoms with Crippen LogP contribution < -0.4 is 0 Å². The Labute approximate surface area is 85.8 Å². The van der Waals surface area contributed by atoms with Crippen LogP contribution in [0.3, 0.4) is 0 Å². The fraction of sp³-hybridized carbons (Fsp3) is 0.125. The second kappa shape index (κ2) is 3.94. The third-order valence-electron chi connectivity index (χ3n) is 1.60. The zero-order valence-corrected chi connectivity index (χ0v) is 8.15. The van der Waals surface area contributed by atoms with Crippen molar-refractivity contribution in [1.29, 1.82) is 0 Å². The first-order valence-corrected chi connectivity index (χ1v) is 4.02. The van der Waals surface area contributed by atoms with Crippen LogP contribution in [0, 0.1) is 5.82 Å². The van der Waals surface area contributed by atoms with Crippen molar-refractivity contribution in [3.05, 3.63) is 36.0 Å². The zero-order valence-electron chi connectivity index (χ0n) is 6.58. The first-order valence-electron chi connectivity index (χ1n) is 3.49. The Morgan fingerprint density at radius 2 is 2.15 bits per heavy atom. The van der Waals surface area contributed by atoms with Crippen molar-refractivity contribution in [2.45, 2.75) is 5.88 Å². The molecule has 2 aromatic heterocycles. The molecule has 0 unspecified atom stereocenters. The van der Waals surface area contributed by atoms with Gasteiger partial charge in [0.2, 0.25) is 0 Å². The Balaban J connectivity index is 0.000000845. The monoisotopic (exact) mass is 220 g/mol. The first-order chi connectivity index (χ1) is 5.79. The SMILES string of the molecule is Cl.Fc1ccc2nc(CCl)cn2c1. The van der Waals surface area contributed by atoms with Gasteiger partial charge in [-0.1, -0.05) is 0 Å². The summed E-state index contributed by atoms with van der Waals surface area (Å²) in [6.07, 6.45) is 3.09. The Morgan fingerprint density at radius 1 is 1.38 bits per heavy atom. The van der Waals surface area contributed by atoms with Crippen LogP contribution >= 0.6 is 24.0 Å². The summed E-state index contributed by atoms with van der Waals surface area (Å²) >= 11 is 5.57. The lowest BCUT2D eigenvalue weighted by atomic mass is 10.5. The van der Waals surface area contributed by atoms with Crippen LogP contribution in [0.25, 0.3) is 5.65 Å². The van der Waals surface area contributed by atoms with E-state index in [1.807, 2.05) is 0 Å². The zero-order chi connectivity index (χ0) is 8.55. The molecule has 0 saturated carbocycles. The van der Waals surface area contributed by atoms with Crippen LogP contribution in [0.15, 0.2) is 24.5 Å². The molecule has 13 heavy (non-hydrogen) atoms. The Hall–Kier alpha value is -0.800. The number of rotatable bonds is 1. The number of nitrogens with zero attached hydrogens (tertiary/aromatic N) is 2. The number of halogens is 3. The highest BCUT2D eigenvalue weighted by Crippen LogP contribution is 2.08. The maximum atomic E-state index is 12.7. The number of fused-ring (bicyclic) bond motifs is 1. The van der Waals surface area contributed by atoms with Gasteiger partial charge in [0, 0.05) is 12.4 Å². The van der Waals surface area contributed by atoms with Crippen LogP contribution in [0.5, 0.6) is 0 Å². The van der Waals surface area contributed by atoms with Crippen LogP contribution in [0.1, 0.15) is 5.69 Å². The van der Waals surface area contributed by atoms with Gasteiger partial charge in [-0.25, -0.2) is 9.37 Å². The largest absolute Gasteiger partial charge is 0.304 e. The molecule has 0 aliphatic heterocycles. The molecular weight excluding hydrogens is 214 g/mol. The summed E-state index contributed by atoms with van der Waals surface area (Å²) in [5, 5.41) is 0. The van der Waals surface area contributed by atoms with Crippen molar-refractivity contribution in [2.24, 2.45) is 0 Å². The Morgan fingerprint density at radius 3 is 2.85 bits per heavy atom. The molecule has 0 aliphatic carbocycles. The summed E-state index contributed by atoms with van der Waals surface area (Å²) in [4.78, 5) is 4.14. The maximum absolute atomic E-state index is 12.7. The lowest BCUT2D eigenvalue weighted by molar-refractivity contribution is 0.619. The lowest BCUT2D eigenvalue weighted by Crippen LogP contribution is -1.83. The summed E-state index contributed by atoms with van der Waals surface area (Å²) in [6.45, 7) is 0. The molecule has 0 bridgehead atoms. The van der Waals surface area contributed by atoms with E-state index in [0.29, 0.717) is 11.5 Å². The van der Waals surface area contributed by atoms with E-state index in [9.17, 15) is 4.39 Å². The van der Waals surface area contributed by atoms with Crippen molar-refractivity contribution < 1.29 is 4.39 Å². The Bertz CT molecular complexity index is 413. The summed E-state index contributed by atoms with van der Waals surface area (Å²) < 4.78 is 14.3. The second-order valence-corrected chi connectivity index (χ2v) is 2.75. The molecule has 2 rings (SSSR count). The predicted octanol–water partition coefficient (Wildman–Crippen LogP) is 2.63. The van der Waals surface area contributed by atoms with Crippen molar-refractivity contribution >= 4 is 29.7 Å². The summed E-state index contributed by atoms with van der Waals surface area (Å²) in [7, 11) is 0. The molecule has 0 spiro atoms. The highest BCUT2D eigenvalue weighted by Gasteiger charge is 1.99. The summed E-state index contributed by atoms with van der Waals surface area (Å²) in [5.41, 5.74) is 1.47. The fourth-order valence-electron chi connectivity index (χ4n) is 1.08. The summed E-state index contributed by atoms with van der Waals surface area (Å²) in [5.74, 6) is 0.0737. The number of aromatic nitrogens is 2. The topological polar surface area (TPSA) is 17.3 Å². The molecule has 2 heterocycles. The molecule has 0 radical (unpaired) electrons. The smallest absolute Gasteiger partial charge is 0.139 e. The molecule has 0 amide bonds. The average Bonchev–Trinajstić information content (AvgIpc) is 2.46. The molecule has 2 aromatic rings. The van der Waals surface area contributed by atoms with Gasteiger partial charge in [-0.2, -0.15) is 0 Å². The van der Waals surface area contributed by atoms with E-state index in [4.69, 9.17) is 11.6 Å². The van der Waals surface area contributed by atoms with Gasteiger partial charge in [0.1, 0.15) is 11.5 Å². The highest BCUT2D eigenvalue weighted by molar-refractivity contribution is 6.16. The van der Waals surface area contributed by atoms with Crippen molar-refractivity contribution in [3.8, 4) is 0 Å². The standard InChI is InChI=1S/C8H6ClFN2.ClH/c9-3-7-5-12-4-6(10)1-2-8(12)11-7;/h1-2,4-5H,3H2;1H. The molecule has 2 nitrogen and oxygen atoms in total. The van der Waals surface area contributed by atoms with E-state index in [2.05, 4.69) is 4.98 Å². The minimum Gasteiger partial charge on any atom is -0.304 e. The van der Waals surface area contributed by atoms with Gasteiger partial charge >= 0.3 is 0 Å². The van der Waals surface area contributed by atoms with Crippen LogP contribution in [-0.2, 0) is 5.88 Å². The first kappa shape index (κ1) is 10.3.